The first kappa shape index (κ1) is 19.8. The SMILES string of the molecule is Cc1ccc(-c2nnc(C(=O)N3CC(Oc4ccc(CN5CCCC5)cc4)C3)o2)cc1. The lowest BCUT2D eigenvalue weighted by molar-refractivity contribution is 0.0150. The Balaban J connectivity index is 1.12. The maximum atomic E-state index is 12.6. The number of aryl methyl sites for hydroxylation is 1. The summed E-state index contributed by atoms with van der Waals surface area (Å²) in [5.41, 5.74) is 3.25. The van der Waals surface area contributed by atoms with Gasteiger partial charge >= 0.3 is 11.8 Å². The molecule has 0 aliphatic carbocycles. The lowest BCUT2D eigenvalue weighted by Crippen LogP contribution is -2.56. The summed E-state index contributed by atoms with van der Waals surface area (Å²) in [6.45, 7) is 6.42. The van der Waals surface area contributed by atoms with Crippen molar-refractivity contribution < 1.29 is 13.9 Å². The summed E-state index contributed by atoms with van der Waals surface area (Å²) in [6.07, 6.45) is 2.58. The number of carbonyl (C=O) groups is 1. The average molecular weight is 418 g/mol. The van der Waals surface area contributed by atoms with E-state index < -0.39 is 0 Å². The van der Waals surface area contributed by atoms with Gasteiger partial charge in [0.2, 0.25) is 5.89 Å². The Morgan fingerprint density at radius 3 is 2.45 bits per heavy atom. The lowest BCUT2D eigenvalue weighted by Gasteiger charge is -2.38. The van der Waals surface area contributed by atoms with Gasteiger partial charge in [-0.05, 0) is 62.7 Å². The highest BCUT2D eigenvalue weighted by Gasteiger charge is 2.35. The number of rotatable bonds is 6. The summed E-state index contributed by atoms with van der Waals surface area (Å²) in [6, 6.07) is 16.0. The van der Waals surface area contributed by atoms with Crippen LogP contribution in [0, 0.1) is 6.92 Å². The number of ether oxygens (including phenoxy) is 1. The number of nitrogens with zero attached hydrogens (tertiary/aromatic N) is 4. The minimum atomic E-state index is -0.258. The van der Waals surface area contributed by atoms with Crippen molar-refractivity contribution in [1.82, 2.24) is 20.0 Å². The molecule has 2 aliphatic rings. The molecular formula is C24H26N4O3. The van der Waals surface area contributed by atoms with Crippen molar-refractivity contribution in [2.75, 3.05) is 26.2 Å². The van der Waals surface area contributed by atoms with Crippen LogP contribution in [-0.4, -0.2) is 58.2 Å². The molecule has 0 radical (unpaired) electrons. The van der Waals surface area contributed by atoms with Gasteiger partial charge in [0.1, 0.15) is 11.9 Å². The average Bonchev–Trinajstić information content (AvgIpc) is 3.44. The third-order valence-corrected chi connectivity index (χ3v) is 5.87. The van der Waals surface area contributed by atoms with Crippen molar-refractivity contribution in [1.29, 1.82) is 0 Å². The molecule has 0 saturated carbocycles. The number of aromatic nitrogens is 2. The van der Waals surface area contributed by atoms with Gasteiger partial charge in [0, 0.05) is 12.1 Å². The lowest BCUT2D eigenvalue weighted by atomic mass is 10.1. The van der Waals surface area contributed by atoms with E-state index in [0.717, 1.165) is 23.4 Å². The molecule has 0 N–H and O–H groups in total. The third-order valence-electron chi connectivity index (χ3n) is 5.87. The number of hydrogen-bond acceptors (Lipinski definition) is 6. The van der Waals surface area contributed by atoms with Crippen LogP contribution in [0.2, 0.25) is 0 Å². The van der Waals surface area contributed by atoms with E-state index in [2.05, 4.69) is 27.2 Å². The molecule has 2 fully saturated rings. The van der Waals surface area contributed by atoms with Crippen LogP contribution in [0.5, 0.6) is 5.75 Å². The second-order valence-corrected chi connectivity index (χ2v) is 8.36. The van der Waals surface area contributed by atoms with Gasteiger partial charge in [-0.1, -0.05) is 29.8 Å². The quantitative estimate of drug-likeness (QED) is 0.610. The molecule has 1 aromatic heterocycles. The molecule has 0 bridgehead atoms. The van der Waals surface area contributed by atoms with E-state index in [1.54, 1.807) is 4.90 Å². The van der Waals surface area contributed by atoms with E-state index in [4.69, 9.17) is 9.15 Å². The summed E-state index contributed by atoms with van der Waals surface area (Å²) >= 11 is 0. The number of hydrogen-bond donors (Lipinski definition) is 0. The summed E-state index contributed by atoms with van der Waals surface area (Å²) in [7, 11) is 0. The van der Waals surface area contributed by atoms with Gasteiger partial charge in [-0.15, -0.1) is 10.2 Å². The van der Waals surface area contributed by atoms with Gasteiger partial charge < -0.3 is 14.1 Å². The maximum Gasteiger partial charge on any atom is 0.311 e. The summed E-state index contributed by atoms with van der Waals surface area (Å²) < 4.78 is 11.6. The Labute approximate surface area is 181 Å². The topological polar surface area (TPSA) is 71.7 Å². The molecule has 7 heteroatoms. The summed E-state index contributed by atoms with van der Waals surface area (Å²) in [5, 5.41) is 7.94. The van der Waals surface area contributed by atoms with E-state index in [1.807, 2.05) is 43.3 Å². The Bertz CT molecular complexity index is 1030. The summed E-state index contributed by atoms with van der Waals surface area (Å²) in [5.74, 6) is 0.944. The molecule has 0 spiro atoms. The highest BCUT2D eigenvalue weighted by Crippen LogP contribution is 2.23. The molecule has 2 saturated heterocycles. The molecule has 0 unspecified atom stereocenters. The molecule has 31 heavy (non-hydrogen) atoms. The first-order chi connectivity index (χ1) is 15.1. The Morgan fingerprint density at radius 2 is 1.74 bits per heavy atom. The predicted octanol–water partition coefficient (Wildman–Crippen LogP) is 3.54. The molecular weight excluding hydrogens is 392 g/mol. The van der Waals surface area contributed by atoms with Crippen LogP contribution < -0.4 is 4.74 Å². The minimum Gasteiger partial charge on any atom is -0.487 e. The van der Waals surface area contributed by atoms with Gasteiger partial charge in [-0.25, -0.2) is 0 Å². The van der Waals surface area contributed by atoms with Crippen LogP contribution >= 0.6 is 0 Å². The van der Waals surface area contributed by atoms with E-state index >= 15 is 0 Å². The molecule has 1 amide bonds. The van der Waals surface area contributed by atoms with Gasteiger partial charge in [0.25, 0.3) is 0 Å². The van der Waals surface area contributed by atoms with Crippen LogP contribution in [0.15, 0.2) is 52.9 Å². The first-order valence-corrected chi connectivity index (χ1v) is 10.8. The monoisotopic (exact) mass is 418 g/mol. The maximum absolute atomic E-state index is 12.6. The first-order valence-electron chi connectivity index (χ1n) is 10.8. The van der Waals surface area contributed by atoms with Crippen LogP contribution in [0.1, 0.15) is 34.7 Å². The van der Waals surface area contributed by atoms with Crippen molar-refractivity contribution in [3.63, 3.8) is 0 Å². The molecule has 2 aliphatic heterocycles. The predicted molar refractivity (Wildman–Crippen MR) is 116 cm³/mol. The van der Waals surface area contributed by atoms with Gasteiger partial charge in [-0.3, -0.25) is 9.69 Å². The Kier molecular flexibility index (Phi) is 5.42. The fraction of sp³-hybridized carbons (Fsp3) is 0.375. The fourth-order valence-electron chi connectivity index (χ4n) is 4.00. The molecule has 7 nitrogen and oxygen atoms in total. The molecule has 160 valence electrons. The number of amides is 1. The van der Waals surface area contributed by atoms with E-state index in [0.29, 0.717) is 19.0 Å². The van der Waals surface area contributed by atoms with Crippen LogP contribution in [0.25, 0.3) is 11.5 Å². The normalized spacial score (nSPS) is 17.0. The number of likely N-dealkylation sites (tertiary alicyclic amines) is 2. The van der Waals surface area contributed by atoms with Crippen molar-refractivity contribution in [3.8, 4) is 17.2 Å². The molecule has 3 heterocycles. The second-order valence-electron chi connectivity index (χ2n) is 8.36. The molecule has 5 rings (SSSR count). The van der Waals surface area contributed by atoms with Crippen molar-refractivity contribution in [2.45, 2.75) is 32.4 Å². The Hall–Kier alpha value is -3.19. The van der Waals surface area contributed by atoms with Gasteiger partial charge in [0.15, 0.2) is 0 Å². The number of carbonyl (C=O) groups excluding carboxylic acids is 1. The largest absolute Gasteiger partial charge is 0.487 e. The highest BCUT2D eigenvalue weighted by atomic mass is 16.5. The molecule has 2 aromatic carbocycles. The van der Waals surface area contributed by atoms with Crippen LogP contribution in [0.3, 0.4) is 0 Å². The molecule has 3 aromatic rings. The highest BCUT2D eigenvalue weighted by molar-refractivity contribution is 5.90. The Morgan fingerprint density at radius 1 is 1.03 bits per heavy atom. The smallest absolute Gasteiger partial charge is 0.311 e. The van der Waals surface area contributed by atoms with Crippen LogP contribution in [0.4, 0.5) is 0 Å². The van der Waals surface area contributed by atoms with Crippen molar-refractivity contribution >= 4 is 5.91 Å². The van der Waals surface area contributed by atoms with Gasteiger partial charge in [-0.2, -0.15) is 0 Å². The zero-order valence-electron chi connectivity index (χ0n) is 17.7. The van der Waals surface area contributed by atoms with E-state index in [9.17, 15) is 4.79 Å². The van der Waals surface area contributed by atoms with Crippen molar-refractivity contribution in [2.24, 2.45) is 0 Å². The minimum absolute atomic E-state index is 0.0142. The number of benzene rings is 2. The molecule has 0 atom stereocenters. The van der Waals surface area contributed by atoms with Crippen molar-refractivity contribution in [3.05, 3.63) is 65.5 Å². The van der Waals surface area contributed by atoms with E-state index in [1.165, 1.54) is 31.5 Å². The van der Waals surface area contributed by atoms with Crippen LogP contribution in [-0.2, 0) is 6.54 Å². The third kappa shape index (κ3) is 4.46. The van der Waals surface area contributed by atoms with E-state index in [-0.39, 0.29) is 17.9 Å². The van der Waals surface area contributed by atoms with Gasteiger partial charge in [0.05, 0.1) is 13.1 Å². The zero-order chi connectivity index (χ0) is 21.2. The zero-order valence-corrected chi connectivity index (χ0v) is 17.7. The standard InChI is InChI=1S/C24H26N4O3/c1-17-4-8-19(9-5-17)22-25-26-23(31-22)24(29)28-15-21(16-28)30-20-10-6-18(7-11-20)14-27-12-2-3-13-27/h4-11,21H,2-3,12-16H2,1H3. The fourth-order valence-corrected chi connectivity index (χ4v) is 4.00. The second kappa shape index (κ2) is 8.51. The summed E-state index contributed by atoms with van der Waals surface area (Å²) in [4.78, 5) is 16.7.